The van der Waals surface area contributed by atoms with Crippen LogP contribution in [-0.4, -0.2) is 24.4 Å². The molecule has 0 spiro atoms. The summed E-state index contributed by atoms with van der Waals surface area (Å²) in [7, 11) is 0. The number of halogens is 2. The van der Waals surface area contributed by atoms with E-state index in [-0.39, 0.29) is 6.42 Å². The largest absolute Gasteiger partial charge is 0.490 e. The highest BCUT2D eigenvalue weighted by Gasteiger charge is 2.22. The molecule has 0 bridgehead atoms. The highest BCUT2D eigenvalue weighted by molar-refractivity contribution is 9.10. The third kappa shape index (κ3) is 2.72. The fraction of sp³-hybridized carbons (Fsp3) is 0.500. The molecule has 3 nitrogen and oxygen atoms in total. The SMILES string of the molecule is CC(O)Cc1c(F)c(Br)cc2c1OCCCO2. The third-order valence-corrected chi connectivity index (χ3v) is 3.10. The molecule has 0 saturated carbocycles. The second kappa shape index (κ2) is 5.23. The Morgan fingerprint density at radius 2 is 2.18 bits per heavy atom. The Bertz CT molecular complexity index is 421. The number of aliphatic hydroxyl groups excluding tert-OH is 1. The van der Waals surface area contributed by atoms with Crippen molar-refractivity contribution >= 4 is 15.9 Å². The summed E-state index contributed by atoms with van der Waals surface area (Å²) in [6.45, 7) is 2.67. The molecule has 1 aliphatic heterocycles. The average Bonchev–Trinajstić information content (AvgIpc) is 2.49. The van der Waals surface area contributed by atoms with Gasteiger partial charge in [-0.05, 0) is 22.9 Å². The Balaban J connectivity index is 2.49. The van der Waals surface area contributed by atoms with E-state index in [1.165, 1.54) is 0 Å². The second-order valence-electron chi connectivity index (χ2n) is 4.08. The van der Waals surface area contributed by atoms with Crippen LogP contribution in [0.5, 0.6) is 11.5 Å². The highest BCUT2D eigenvalue weighted by Crippen LogP contribution is 2.39. The molecule has 17 heavy (non-hydrogen) atoms. The number of fused-ring (bicyclic) bond motifs is 1. The predicted octanol–water partition coefficient (Wildman–Crippen LogP) is 2.67. The van der Waals surface area contributed by atoms with Crippen LogP contribution in [0.2, 0.25) is 0 Å². The lowest BCUT2D eigenvalue weighted by atomic mass is 10.1. The summed E-state index contributed by atoms with van der Waals surface area (Å²) in [4.78, 5) is 0. The van der Waals surface area contributed by atoms with Crippen LogP contribution in [0.25, 0.3) is 0 Å². The van der Waals surface area contributed by atoms with E-state index in [0.29, 0.717) is 34.7 Å². The van der Waals surface area contributed by atoms with E-state index < -0.39 is 11.9 Å². The molecule has 1 aromatic rings. The maximum Gasteiger partial charge on any atom is 0.167 e. The minimum absolute atomic E-state index is 0.205. The van der Waals surface area contributed by atoms with Crippen LogP contribution >= 0.6 is 15.9 Å². The zero-order valence-electron chi connectivity index (χ0n) is 9.50. The summed E-state index contributed by atoms with van der Waals surface area (Å²) < 4.78 is 25.3. The quantitative estimate of drug-likeness (QED) is 0.913. The van der Waals surface area contributed by atoms with Crippen LogP contribution in [0.3, 0.4) is 0 Å². The minimum Gasteiger partial charge on any atom is -0.490 e. The van der Waals surface area contributed by atoms with Crippen molar-refractivity contribution in [3.05, 3.63) is 21.9 Å². The van der Waals surface area contributed by atoms with Gasteiger partial charge in [-0.1, -0.05) is 0 Å². The van der Waals surface area contributed by atoms with Gasteiger partial charge in [0.2, 0.25) is 0 Å². The Labute approximate surface area is 108 Å². The van der Waals surface area contributed by atoms with Crippen LogP contribution < -0.4 is 9.47 Å². The van der Waals surface area contributed by atoms with Gasteiger partial charge in [0, 0.05) is 24.5 Å². The van der Waals surface area contributed by atoms with Gasteiger partial charge in [-0.3, -0.25) is 0 Å². The number of ether oxygens (including phenoxy) is 2. The predicted molar refractivity (Wildman–Crippen MR) is 65.1 cm³/mol. The van der Waals surface area contributed by atoms with Gasteiger partial charge in [0.05, 0.1) is 23.8 Å². The normalized spacial score (nSPS) is 16.5. The van der Waals surface area contributed by atoms with Gasteiger partial charge >= 0.3 is 0 Å². The van der Waals surface area contributed by atoms with E-state index in [1.54, 1.807) is 13.0 Å². The van der Waals surface area contributed by atoms with Crippen molar-refractivity contribution in [2.24, 2.45) is 0 Å². The molecule has 1 aliphatic rings. The second-order valence-corrected chi connectivity index (χ2v) is 4.94. The number of rotatable bonds is 2. The summed E-state index contributed by atoms with van der Waals surface area (Å²) in [5, 5.41) is 9.41. The molecular formula is C12H14BrFO3. The molecule has 0 saturated heterocycles. The maximum atomic E-state index is 14.0. The van der Waals surface area contributed by atoms with E-state index in [2.05, 4.69) is 15.9 Å². The summed E-state index contributed by atoms with van der Waals surface area (Å²) in [6, 6.07) is 1.57. The monoisotopic (exact) mass is 304 g/mol. The molecule has 1 atom stereocenters. The van der Waals surface area contributed by atoms with Crippen molar-refractivity contribution < 1.29 is 19.0 Å². The zero-order chi connectivity index (χ0) is 12.4. The van der Waals surface area contributed by atoms with Crippen molar-refractivity contribution in [2.45, 2.75) is 25.9 Å². The lowest BCUT2D eigenvalue weighted by Gasteiger charge is -2.15. The molecule has 2 rings (SSSR count). The first-order valence-electron chi connectivity index (χ1n) is 5.54. The van der Waals surface area contributed by atoms with Crippen molar-refractivity contribution in [1.29, 1.82) is 0 Å². The van der Waals surface area contributed by atoms with E-state index in [1.807, 2.05) is 0 Å². The average molecular weight is 305 g/mol. The van der Waals surface area contributed by atoms with Gasteiger partial charge in [0.15, 0.2) is 11.5 Å². The summed E-state index contributed by atoms with van der Waals surface area (Å²) in [6.07, 6.45) is 0.341. The Morgan fingerprint density at radius 3 is 2.88 bits per heavy atom. The molecule has 0 radical (unpaired) electrons. The Morgan fingerprint density at radius 1 is 1.47 bits per heavy atom. The highest BCUT2D eigenvalue weighted by atomic mass is 79.9. The van der Waals surface area contributed by atoms with Gasteiger partial charge in [0.1, 0.15) is 5.82 Å². The van der Waals surface area contributed by atoms with Crippen LogP contribution in [0, 0.1) is 5.82 Å². The lowest BCUT2D eigenvalue weighted by Crippen LogP contribution is -2.09. The van der Waals surface area contributed by atoms with E-state index in [0.717, 1.165) is 6.42 Å². The Hall–Kier alpha value is -0.810. The molecule has 0 fully saturated rings. The van der Waals surface area contributed by atoms with Crippen molar-refractivity contribution in [3.63, 3.8) is 0 Å². The van der Waals surface area contributed by atoms with E-state index in [4.69, 9.17) is 9.47 Å². The first kappa shape index (κ1) is 12.6. The van der Waals surface area contributed by atoms with Crippen LogP contribution in [-0.2, 0) is 6.42 Å². The van der Waals surface area contributed by atoms with E-state index in [9.17, 15) is 9.50 Å². The molecule has 5 heteroatoms. The van der Waals surface area contributed by atoms with Crippen molar-refractivity contribution in [3.8, 4) is 11.5 Å². The summed E-state index contributed by atoms with van der Waals surface area (Å²) in [5.74, 6) is 0.561. The summed E-state index contributed by atoms with van der Waals surface area (Å²) in [5.41, 5.74) is 0.367. The molecule has 1 N–H and O–H groups in total. The van der Waals surface area contributed by atoms with Gasteiger partial charge in [-0.15, -0.1) is 0 Å². The topological polar surface area (TPSA) is 38.7 Å². The minimum atomic E-state index is -0.630. The Kier molecular flexibility index (Phi) is 3.89. The van der Waals surface area contributed by atoms with Crippen molar-refractivity contribution in [1.82, 2.24) is 0 Å². The fourth-order valence-corrected chi connectivity index (χ4v) is 2.24. The summed E-state index contributed by atoms with van der Waals surface area (Å²) >= 11 is 3.15. The van der Waals surface area contributed by atoms with Gasteiger partial charge in [-0.25, -0.2) is 4.39 Å². The zero-order valence-corrected chi connectivity index (χ0v) is 11.1. The lowest BCUT2D eigenvalue weighted by molar-refractivity contribution is 0.191. The number of hydrogen-bond donors (Lipinski definition) is 1. The molecule has 0 amide bonds. The standard InChI is InChI=1S/C12H14BrFO3/c1-7(15)5-8-11(14)9(13)6-10-12(8)17-4-2-3-16-10/h6-7,15H,2-5H2,1H3. The van der Waals surface area contributed by atoms with E-state index >= 15 is 0 Å². The molecule has 0 aliphatic carbocycles. The number of benzene rings is 1. The van der Waals surface area contributed by atoms with Gasteiger partial charge < -0.3 is 14.6 Å². The molecule has 0 aromatic heterocycles. The molecule has 1 unspecified atom stereocenters. The smallest absolute Gasteiger partial charge is 0.167 e. The molecule has 94 valence electrons. The molecule has 1 heterocycles. The number of hydrogen-bond acceptors (Lipinski definition) is 3. The molecular weight excluding hydrogens is 291 g/mol. The van der Waals surface area contributed by atoms with Crippen LogP contribution in [0.1, 0.15) is 18.9 Å². The van der Waals surface area contributed by atoms with Crippen molar-refractivity contribution in [2.75, 3.05) is 13.2 Å². The van der Waals surface area contributed by atoms with Gasteiger partial charge in [-0.2, -0.15) is 0 Å². The first-order valence-corrected chi connectivity index (χ1v) is 6.33. The fourth-order valence-electron chi connectivity index (χ4n) is 1.79. The number of aliphatic hydroxyl groups is 1. The van der Waals surface area contributed by atoms with Crippen LogP contribution in [0.4, 0.5) is 4.39 Å². The molecule has 1 aromatic carbocycles. The first-order chi connectivity index (χ1) is 8.09. The maximum absolute atomic E-state index is 14.0. The third-order valence-electron chi connectivity index (χ3n) is 2.52. The van der Waals surface area contributed by atoms with Crippen LogP contribution in [0.15, 0.2) is 10.5 Å². The van der Waals surface area contributed by atoms with Gasteiger partial charge in [0.25, 0.3) is 0 Å².